The van der Waals surface area contributed by atoms with Crippen molar-refractivity contribution in [1.29, 1.82) is 0 Å². The standard InChI is InChI=1S/C23H30N4O2/c1-18-16-21(19-4-2-3-5-20(19)24-18)27-9-7-23(17-27)6-8-26(22(23)28)11-10-25-12-14-29-15-13-25/h2-5,16H,6-15,17H2,1H3. The molecular formula is C23H30N4O2. The lowest BCUT2D eigenvalue weighted by atomic mass is 9.85. The normalized spacial score (nSPS) is 25.6. The molecule has 3 aliphatic rings. The van der Waals surface area contributed by atoms with Crippen molar-refractivity contribution < 1.29 is 9.53 Å². The van der Waals surface area contributed by atoms with Gasteiger partial charge in [0.15, 0.2) is 0 Å². The van der Waals surface area contributed by atoms with Crippen LogP contribution in [0.15, 0.2) is 30.3 Å². The average Bonchev–Trinajstić information content (AvgIpc) is 3.31. The Morgan fingerprint density at radius 2 is 1.86 bits per heavy atom. The van der Waals surface area contributed by atoms with E-state index in [0.29, 0.717) is 5.91 Å². The second-order valence-corrected chi connectivity index (χ2v) is 8.75. The first-order valence-electron chi connectivity index (χ1n) is 10.9. The first-order valence-corrected chi connectivity index (χ1v) is 10.9. The topological polar surface area (TPSA) is 48.9 Å². The highest BCUT2D eigenvalue weighted by Crippen LogP contribution is 2.43. The van der Waals surface area contributed by atoms with Crippen LogP contribution in [0.5, 0.6) is 0 Å². The molecule has 1 aromatic heterocycles. The molecule has 1 atom stereocenters. The van der Waals surface area contributed by atoms with Gasteiger partial charge in [0.2, 0.25) is 5.91 Å². The van der Waals surface area contributed by atoms with Gasteiger partial charge < -0.3 is 14.5 Å². The third-order valence-electron chi connectivity index (χ3n) is 6.91. The molecule has 5 rings (SSSR count). The van der Waals surface area contributed by atoms with Gasteiger partial charge in [0.1, 0.15) is 0 Å². The largest absolute Gasteiger partial charge is 0.379 e. The highest BCUT2D eigenvalue weighted by atomic mass is 16.5. The van der Waals surface area contributed by atoms with Crippen LogP contribution in [0.25, 0.3) is 10.9 Å². The predicted octanol–water partition coefficient (Wildman–Crippen LogP) is 2.30. The van der Waals surface area contributed by atoms with Gasteiger partial charge in [-0.15, -0.1) is 0 Å². The minimum atomic E-state index is -0.205. The van der Waals surface area contributed by atoms with Crippen LogP contribution < -0.4 is 4.90 Å². The molecule has 0 radical (unpaired) electrons. The zero-order valence-corrected chi connectivity index (χ0v) is 17.3. The number of amides is 1. The van der Waals surface area contributed by atoms with Crippen LogP contribution in [-0.2, 0) is 9.53 Å². The van der Waals surface area contributed by atoms with Gasteiger partial charge in [0, 0.05) is 62.6 Å². The van der Waals surface area contributed by atoms with E-state index in [2.05, 4.69) is 50.9 Å². The summed E-state index contributed by atoms with van der Waals surface area (Å²) in [5.74, 6) is 0.364. The highest BCUT2D eigenvalue weighted by Gasteiger charge is 2.50. The van der Waals surface area contributed by atoms with E-state index in [9.17, 15) is 4.79 Å². The summed E-state index contributed by atoms with van der Waals surface area (Å²) in [6.07, 6.45) is 1.93. The number of pyridine rings is 1. The van der Waals surface area contributed by atoms with Crippen molar-refractivity contribution in [3.63, 3.8) is 0 Å². The van der Waals surface area contributed by atoms with Gasteiger partial charge in [-0.25, -0.2) is 0 Å². The van der Waals surface area contributed by atoms with E-state index >= 15 is 0 Å². The molecule has 3 aliphatic heterocycles. The van der Waals surface area contributed by atoms with Gasteiger partial charge in [0.05, 0.1) is 24.1 Å². The summed E-state index contributed by atoms with van der Waals surface area (Å²) in [7, 11) is 0. The Morgan fingerprint density at radius 1 is 1.07 bits per heavy atom. The molecule has 1 amide bonds. The maximum absolute atomic E-state index is 13.4. The van der Waals surface area contributed by atoms with Crippen LogP contribution in [0.3, 0.4) is 0 Å². The molecule has 0 saturated carbocycles. The Morgan fingerprint density at radius 3 is 2.72 bits per heavy atom. The van der Waals surface area contributed by atoms with Gasteiger partial charge in [-0.1, -0.05) is 18.2 Å². The molecular weight excluding hydrogens is 364 g/mol. The molecule has 0 bridgehead atoms. The summed E-state index contributed by atoms with van der Waals surface area (Å²) >= 11 is 0. The summed E-state index contributed by atoms with van der Waals surface area (Å²) in [6, 6.07) is 10.5. The first-order chi connectivity index (χ1) is 14.1. The van der Waals surface area contributed by atoms with Crippen molar-refractivity contribution in [2.75, 3.05) is 63.9 Å². The van der Waals surface area contributed by atoms with Crippen LogP contribution >= 0.6 is 0 Å². The Balaban J connectivity index is 1.30. The van der Waals surface area contributed by atoms with E-state index in [-0.39, 0.29) is 5.41 Å². The monoisotopic (exact) mass is 394 g/mol. The Labute approximate surface area is 172 Å². The van der Waals surface area contributed by atoms with Gasteiger partial charge in [0.25, 0.3) is 0 Å². The van der Waals surface area contributed by atoms with Gasteiger partial charge in [-0.05, 0) is 31.9 Å². The number of carbonyl (C=O) groups excluding carboxylic acids is 1. The minimum absolute atomic E-state index is 0.205. The summed E-state index contributed by atoms with van der Waals surface area (Å²) in [5.41, 5.74) is 3.09. The number of rotatable bonds is 4. The van der Waals surface area contributed by atoms with Gasteiger partial charge in [-0.2, -0.15) is 0 Å². The fourth-order valence-corrected chi connectivity index (χ4v) is 5.20. The van der Waals surface area contributed by atoms with Gasteiger partial charge in [-0.3, -0.25) is 14.7 Å². The number of nitrogens with zero attached hydrogens (tertiary/aromatic N) is 4. The molecule has 154 valence electrons. The molecule has 3 fully saturated rings. The quantitative estimate of drug-likeness (QED) is 0.797. The molecule has 29 heavy (non-hydrogen) atoms. The second kappa shape index (κ2) is 7.58. The van der Waals surface area contributed by atoms with Crippen LogP contribution in [0.1, 0.15) is 18.5 Å². The second-order valence-electron chi connectivity index (χ2n) is 8.75. The van der Waals surface area contributed by atoms with E-state index in [1.807, 2.05) is 6.07 Å². The maximum Gasteiger partial charge on any atom is 0.230 e. The van der Waals surface area contributed by atoms with E-state index in [1.165, 1.54) is 11.1 Å². The van der Waals surface area contributed by atoms with Crippen molar-refractivity contribution in [1.82, 2.24) is 14.8 Å². The molecule has 1 unspecified atom stereocenters. The fraction of sp³-hybridized carbons (Fsp3) is 0.565. The number of fused-ring (bicyclic) bond motifs is 1. The van der Waals surface area contributed by atoms with Crippen molar-refractivity contribution in [3.05, 3.63) is 36.0 Å². The number of hydrogen-bond donors (Lipinski definition) is 0. The Kier molecular flexibility index (Phi) is 4.92. The maximum atomic E-state index is 13.4. The highest BCUT2D eigenvalue weighted by molar-refractivity contribution is 5.93. The van der Waals surface area contributed by atoms with E-state index in [0.717, 1.165) is 83.1 Å². The van der Waals surface area contributed by atoms with Crippen molar-refractivity contribution in [2.45, 2.75) is 19.8 Å². The minimum Gasteiger partial charge on any atom is -0.379 e. The number of likely N-dealkylation sites (tertiary alicyclic amines) is 1. The molecule has 1 aromatic carbocycles. The molecule has 4 heterocycles. The van der Waals surface area contributed by atoms with E-state index in [1.54, 1.807) is 0 Å². The number of aromatic nitrogens is 1. The van der Waals surface area contributed by atoms with Crippen LogP contribution in [0.4, 0.5) is 5.69 Å². The summed E-state index contributed by atoms with van der Waals surface area (Å²) < 4.78 is 5.43. The smallest absolute Gasteiger partial charge is 0.230 e. The first kappa shape index (κ1) is 18.8. The number of aryl methyl sites for hydroxylation is 1. The van der Waals surface area contributed by atoms with Crippen molar-refractivity contribution in [3.8, 4) is 0 Å². The number of ether oxygens (including phenoxy) is 1. The summed E-state index contributed by atoms with van der Waals surface area (Å²) in [4.78, 5) is 25.0. The lowest BCUT2D eigenvalue weighted by Crippen LogP contribution is -2.43. The molecule has 0 N–H and O–H groups in total. The molecule has 2 aromatic rings. The molecule has 6 heteroatoms. The third kappa shape index (κ3) is 3.49. The molecule has 0 aliphatic carbocycles. The van der Waals surface area contributed by atoms with Crippen LogP contribution in [0, 0.1) is 12.3 Å². The predicted molar refractivity (Wildman–Crippen MR) is 114 cm³/mol. The Hall–Kier alpha value is -2.18. The van der Waals surface area contributed by atoms with Crippen LogP contribution in [0.2, 0.25) is 0 Å². The molecule has 3 saturated heterocycles. The zero-order chi connectivity index (χ0) is 19.8. The molecule has 6 nitrogen and oxygen atoms in total. The zero-order valence-electron chi connectivity index (χ0n) is 17.3. The third-order valence-corrected chi connectivity index (χ3v) is 6.91. The fourth-order valence-electron chi connectivity index (χ4n) is 5.20. The average molecular weight is 395 g/mol. The van der Waals surface area contributed by atoms with Crippen LogP contribution in [-0.4, -0.2) is 79.7 Å². The lowest BCUT2D eigenvalue weighted by molar-refractivity contribution is -0.135. The van der Waals surface area contributed by atoms with Crippen molar-refractivity contribution in [2.24, 2.45) is 5.41 Å². The van der Waals surface area contributed by atoms with E-state index < -0.39 is 0 Å². The number of para-hydroxylation sites is 1. The number of benzene rings is 1. The SMILES string of the molecule is Cc1cc(N2CCC3(CCN(CCN4CCOCC4)C3=O)C2)c2ccccc2n1. The number of morpholine rings is 1. The number of hydrogen-bond acceptors (Lipinski definition) is 5. The molecule has 1 spiro atoms. The van der Waals surface area contributed by atoms with Crippen molar-refractivity contribution >= 4 is 22.5 Å². The summed E-state index contributed by atoms with van der Waals surface area (Å²) in [5, 5.41) is 1.18. The lowest BCUT2D eigenvalue weighted by Gasteiger charge is -2.29. The number of carbonyl (C=O) groups is 1. The Bertz CT molecular complexity index is 911. The van der Waals surface area contributed by atoms with E-state index in [4.69, 9.17) is 4.74 Å². The number of anilines is 1. The summed E-state index contributed by atoms with van der Waals surface area (Å²) in [6.45, 7) is 10.1. The van der Waals surface area contributed by atoms with Gasteiger partial charge >= 0.3 is 0 Å².